The van der Waals surface area contributed by atoms with Crippen molar-refractivity contribution in [3.05, 3.63) is 143 Å². The van der Waals surface area contributed by atoms with Gasteiger partial charge >= 0.3 is 26.4 Å². The van der Waals surface area contributed by atoms with E-state index in [9.17, 15) is 16.1 Å². The van der Waals surface area contributed by atoms with E-state index in [0.29, 0.717) is 5.57 Å². The summed E-state index contributed by atoms with van der Waals surface area (Å²) in [5.41, 5.74) is 2.13. The van der Waals surface area contributed by atoms with Crippen molar-refractivity contribution >= 4 is 5.78 Å². The van der Waals surface area contributed by atoms with Crippen LogP contribution in [0.25, 0.3) is 0 Å². The third-order valence-electron chi connectivity index (χ3n) is 6.24. The molecule has 0 spiro atoms. The molecule has 0 aliphatic heterocycles. The molecule has 1 aliphatic rings. The summed E-state index contributed by atoms with van der Waals surface area (Å²) in [4.78, 5) is 13.2. The van der Waals surface area contributed by atoms with Crippen LogP contribution in [-0.2, 0) is 30.6 Å². The molecule has 3 aromatic rings. The summed E-state index contributed by atoms with van der Waals surface area (Å²) in [5, 5.41) is 15.9. The van der Waals surface area contributed by atoms with E-state index in [2.05, 4.69) is 5.32 Å². The molecular formula is C31H31F2NO2Ti. The molecule has 0 unspecified atom stereocenters. The summed E-state index contributed by atoms with van der Waals surface area (Å²) in [6.07, 6.45) is 7.36. The molecule has 6 heteroatoms. The predicted octanol–water partition coefficient (Wildman–Crippen LogP) is 7.09. The molecule has 3 aromatic carbocycles. The van der Waals surface area contributed by atoms with E-state index in [1.807, 2.05) is 130 Å². The van der Waals surface area contributed by atoms with E-state index in [4.69, 9.17) is 0 Å². The Labute approximate surface area is 227 Å². The second kappa shape index (κ2) is 12.9. The molecule has 0 saturated carbocycles. The fourth-order valence-corrected chi connectivity index (χ4v) is 4.42. The number of carbonyl (C=O) groups excluding carboxylic acids is 1. The van der Waals surface area contributed by atoms with Gasteiger partial charge in [-0.05, 0) is 28.2 Å². The summed E-state index contributed by atoms with van der Waals surface area (Å²) in [7, 11) is 0. The van der Waals surface area contributed by atoms with Crippen molar-refractivity contribution in [3.63, 3.8) is 0 Å². The average Bonchev–Trinajstić information content (AvgIpc) is 2.91. The fourth-order valence-electron chi connectivity index (χ4n) is 4.42. The Hall–Kier alpha value is -3.12. The molecule has 37 heavy (non-hydrogen) atoms. The number of hydrogen-bond acceptors (Lipinski definition) is 3. The average molecular weight is 535 g/mol. The molecule has 190 valence electrons. The number of rotatable bonds is 6. The van der Waals surface area contributed by atoms with Crippen LogP contribution in [0.4, 0.5) is 6.18 Å². The molecular weight excluding hydrogens is 504 g/mol. The number of aliphatic hydroxyl groups is 1. The van der Waals surface area contributed by atoms with Crippen LogP contribution in [0, 0.1) is 5.41 Å². The van der Waals surface area contributed by atoms with Gasteiger partial charge in [0.1, 0.15) is 5.60 Å². The van der Waals surface area contributed by atoms with Gasteiger partial charge in [-0.2, -0.15) is 0 Å². The summed E-state index contributed by atoms with van der Waals surface area (Å²) in [5.74, 6) is -0.00252. The minimum absolute atomic E-state index is 0.00252. The Morgan fingerprint density at radius 3 is 1.76 bits per heavy atom. The van der Waals surface area contributed by atoms with E-state index in [0.717, 1.165) is 22.3 Å². The number of nitrogens with one attached hydrogen (secondary N) is 1. The number of ketones is 1. The molecule has 0 heterocycles. The first kappa shape index (κ1) is 28.5. The van der Waals surface area contributed by atoms with Gasteiger partial charge in [-0.15, -0.1) is 0 Å². The third-order valence-corrected chi connectivity index (χ3v) is 6.24. The molecule has 0 amide bonds. The van der Waals surface area contributed by atoms with Gasteiger partial charge in [-0.1, -0.05) is 124 Å². The van der Waals surface area contributed by atoms with Gasteiger partial charge in [0.2, 0.25) is 0 Å². The van der Waals surface area contributed by atoms with Crippen molar-refractivity contribution < 1.29 is 36.3 Å². The van der Waals surface area contributed by atoms with Crippen LogP contribution in [0.15, 0.2) is 127 Å². The second-order valence-electron chi connectivity index (χ2n) is 9.70. The normalized spacial score (nSPS) is 15.4. The van der Waals surface area contributed by atoms with Gasteiger partial charge < -0.3 is 10.4 Å². The maximum absolute atomic E-state index is 13.2. The summed E-state index contributed by atoms with van der Waals surface area (Å²) >= 11 is -2.50. The standard InChI is InChI=1S/C31H31NO2.2FH.Ti/c1-30(2,3)27-21-13-16-24(28(27)33)22-32-29(23-14-7-4-8-15-23)31(34,25-17-9-5-10-18-25)26-19-11-6-12-20-26;;;/h4-22,29,32,34H,1-3H3;2*1H;/q;;;+2/p-2/b24-22-;;;/t29-;;;/m1.../s1. The fraction of sp³-hybridized carbons (Fsp3) is 0.194. The molecule has 0 bridgehead atoms. The van der Waals surface area contributed by atoms with Crippen molar-refractivity contribution in [2.45, 2.75) is 32.4 Å². The summed E-state index contributed by atoms with van der Waals surface area (Å²) < 4.78 is 19.5. The zero-order valence-electron chi connectivity index (χ0n) is 21.2. The molecule has 0 fully saturated rings. The van der Waals surface area contributed by atoms with Crippen LogP contribution in [0.5, 0.6) is 0 Å². The van der Waals surface area contributed by atoms with Crippen LogP contribution >= 0.6 is 0 Å². The molecule has 2 N–H and O–H groups in total. The van der Waals surface area contributed by atoms with E-state index in [1.165, 1.54) is 0 Å². The molecule has 0 aromatic heterocycles. The number of allylic oxidation sites excluding steroid dienone is 5. The first-order chi connectivity index (χ1) is 17.7. The Morgan fingerprint density at radius 1 is 0.838 bits per heavy atom. The number of halogens is 2. The number of carbonyl (C=O) groups is 1. The molecule has 0 radical (unpaired) electrons. The summed E-state index contributed by atoms with van der Waals surface area (Å²) in [6.45, 7) is 6.12. The Kier molecular flexibility index (Phi) is 9.93. The Balaban J connectivity index is 0.00000121. The minimum atomic E-state index is -2.50. The first-order valence-electron chi connectivity index (χ1n) is 12.0. The Bertz CT molecular complexity index is 1210. The van der Waals surface area contributed by atoms with E-state index in [-0.39, 0.29) is 11.2 Å². The van der Waals surface area contributed by atoms with Gasteiger partial charge in [0.25, 0.3) is 0 Å². The molecule has 4 rings (SSSR count). The topological polar surface area (TPSA) is 49.3 Å². The number of Topliss-reactive ketones (excluding diaryl/α,β-unsaturated/α-hetero) is 1. The zero-order valence-corrected chi connectivity index (χ0v) is 22.7. The third kappa shape index (κ3) is 6.81. The van der Waals surface area contributed by atoms with Crippen molar-refractivity contribution in [1.29, 1.82) is 0 Å². The number of hydrogen-bond donors (Lipinski definition) is 2. The van der Waals surface area contributed by atoms with E-state index < -0.39 is 31.9 Å². The van der Waals surface area contributed by atoms with Gasteiger partial charge in [0.05, 0.1) is 6.04 Å². The van der Waals surface area contributed by atoms with Gasteiger partial charge in [-0.25, -0.2) is 0 Å². The molecule has 1 atom stereocenters. The number of benzene rings is 3. The van der Waals surface area contributed by atoms with Crippen molar-refractivity contribution in [3.8, 4) is 0 Å². The van der Waals surface area contributed by atoms with Crippen LogP contribution in [-0.4, -0.2) is 10.9 Å². The first-order valence-corrected chi connectivity index (χ1v) is 13.2. The summed E-state index contributed by atoms with van der Waals surface area (Å²) in [6, 6.07) is 28.6. The molecule has 0 saturated heterocycles. The Morgan fingerprint density at radius 2 is 1.30 bits per heavy atom. The monoisotopic (exact) mass is 535 g/mol. The van der Waals surface area contributed by atoms with Crippen LogP contribution in [0.2, 0.25) is 0 Å². The maximum atomic E-state index is 13.2. The van der Waals surface area contributed by atoms with Crippen molar-refractivity contribution in [1.82, 2.24) is 5.32 Å². The zero-order chi connectivity index (χ0) is 26.9. The van der Waals surface area contributed by atoms with Crippen LogP contribution in [0.1, 0.15) is 43.5 Å². The van der Waals surface area contributed by atoms with Crippen molar-refractivity contribution in [2.75, 3.05) is 0 Å². The van der Waals surface area contributed by atoms with E-state index in [1.54, 1.807) is 6.20 Å². The molecule has 3 nitrogen and oxygen atoms in total. The van der Waals surface area contributed by atoms with Gasteiger partial charge in [0.15, 0.2) is 5.78 Å². The van der Waals surface area contributed by atoms with Crippen LogP contribution in [0.3, 0.4) is 0 Å². The SMILES string of the molecule is CC(C)(C)C1=CC=C/C(=C/N[C@H](c2ccccc2)C(O)(c2ccccc2)c2ccccc2)C1=O.[F][Ti][F]. The predicted molar refractivity (Wildman–Crippen MR) is 140 cm³/mol. The quantitative estimate of drug-likeness (QED) is 0.262. The van der Waals surface area contributed by atoms with Crippen molar-refractivity contribution in [2.24, 2.45) is 5.41 Å². The van der Waals surface area contributed by atoms with E-state index >= 15 is 0 Å². The van der Waals surface area contributed by atoms with Gasteiger partial charge in [0, 0.05) is 17.3 Å². The van der Waals surface area contributed by atoms with Gasteiger partial charge in [-0.3, -0.25) is 4.79 Å². The van der Waals surface area contributed by atoms with Crippen LogP contribution < -0.4 is 5.32 Å². The molecule has 1 aliphatic carbocycles. The second-order valence-corrected chi connectivity index (χ2v) is 9.92.